The molecule has 0 unspecified atom stereocenters. The molecule has 0 spiro atoms. The van der Waals surface area contributed by atoms with Gasteiger partial charge in [0, 0.05) is 27.2 Å². The molecule has 0 aliphatic carbocycles. The van der Waals surface area contributed by atoms with Gasteiger partial charge in [-0.15, -0.1) is 0 Å². The molecule has 0 aliphatic rings. The van der Waals surface area contributed by atoms with Crippen LogP contribution in [0.5, 0.6) is 0 Å². The van der Waals surface area contributed by atoms with Gasteiger partial charge < -0.3 is 9.73 Å². The normalized spacial score (nSPS) is 10.4. The van der Waals surface area contributed by atoms with Crippen LogP contribution in [0.25, 0.3) is 11.0 Å². The van der Waals surface area contributed by atoms with E-state index in [1.165, 1.54) is 6.07 Å². The van der Waals surface area contributed by atoms with Gasteiger partial charge in [0.1, 0.15) is 5.58 Å². The van der Waals surface area contributed by atoms with Crippen LogP contribution < -0.4 is 16.3 Å². The van der Waals surface area contributed by atoms with Gasteiger partial charge in [0.25, 0.3) is 5.91 Å². The molecule has 0 bridgehead atoms. The highest BCUT2D eigenvalue weighted by Gasteiger charge is 2.08. The summed E-state index contributed by atoms with van der Waals surface area (Å²) in [4.78, 5) is 23.3. The molecule has 5 nitrogen and oxygen atoms in total. The Balaban J connectivity index is 1.70. The lowest BCUT2D eigenvalue weighted by Gasteiger charge is -2.10. The Morgan fingerprint density at radius 1 is 1.04 bits per heavy atom. The highest BCUT2D eigenvalue weighted by molar-refractivity contribution is 9.10. The van der Waals surface area contributed by atoms with Gasteiger partial charge in [-0.05, 0) is 60.7 Å². The maximum Gasteiger partial charge on any atom is 0.336 e. The largest absolute Gasteiger partial charge is 0.423 e. The predicted molar refractivity (Wildman–Crippen MR) is 100 cm³/mol. The van der Waals surface area contributed by atoms with E-state index < -0.39 is 5.63 Å². The number of carbonyl (C=O) groups is 1. The number of rotatable bonds is 2. The fourth-order valence-corrected chi connectivity index (χ4v) is 2.56. The first kappa shape index (κ1) is 16.4. The molecule has 3 rings (SSSR count). The molecule has 1 amide bonds. The number of amides is 1. The molecule has 0 saturated carbocycles. The standard InChI is InChI=1S/C17H11BrN2O3S/c18-12-4-1-10(2-5-12)16(22)20-17(24)19-13-6-7-14-11(9-13)3-8-15(21)23-14/h1-9H,(H2,19,20,22,24). The Hall–Kier alpha value is -2.51. The fraction of sp³-hybridized carbons (Fsp3) is 0. The van der Waals surface area contributed by atoms with E-state index in [4.69, 9.17) is 16.6 Å². The molecule has 0 saturated heterocycles. The van der Waals surface area contributed by atoms with Crippen molar-refractivity contribution in [1.82, 2.24) is 5.32 Å². The summed E-state index contributed by atoms with van der Waals surface area (Å²) in [6, 6.07) is 15.1. The van der Waals surface area contributed by atoms with Gasteiger partial charge in [-0.25, -0.2) is 4.79 Å². The van der Waals surface area contributed by atoms with Crippen LogP contribution in [0.3, 0.4) is 0 Å². The van der Waals surface area contributed by atoms with E-state index in [-0.39, 0.29) is 11.0 Å². The molecule has 24 heavy (non-hydrogen) atoms. The van der Waals surface area contributed by atoms with Crippen LogP contribution in [0.2, 0.25) is 0 Å². The number of fused-ring (bicyclic) bond motifs is 1. The third-order valence-electron chi connectivity index (χ3n) is 3.21. The number of thiocarbonyl (C=S) groups is 1. The highest BCUT2D eigenvalue weighted by atomic mass is 79.9. The third kappa shape index (κ3) is 3.87. The molecule has 7 heteroatoms. The summed E-state index contributed by atoms with van der Waals surface area (Å²) in [7, 11) is 0. The Morgan fingerprint density at radius 2 is 1.79 bits per heavy atom. The first-order valence-corrected chi connectivity index (χ1v) is 8.13. The van der Waals surface area contributed by atoms with Gasteiger partial charge in [-0.1, -0.05) is 15.9 Å². The summed E-state index contributed by atoms with van der Waals surface area (Å²) in [5.74, 6) is -0.299. The number of nitrogens with one attached hydrogen (secondary N) is 2. The quantitative estimate of drug-likeness (QED) is 0.505. The minimum Gasteiger partial charge on any atom is -0.423 e. The molecule has 1 heterocycles. The molecule has 1 aromatic heterocycles. The second kappa shape index (κ2) is 6.94. The fourth-order valence-electron chi connectivity index (χ4n) is 2.09. The molecule has 2 aromatic carbocycles. The van der Waals surface area contributed by atoms with Gasteiger partial charge >= 0.3 is 5.63 Å². The number of benzene rings is 2. The molecular formula is C17H11BrN2O3S. The van der Waals surface area contributed by atoms with Crippen LogP contribution in [-0.2, 0) is 0 Å². The van der Waals surface area contributed by atoms with Crippen LogP contribution in [0.1, 0.15) is 10.4 Å². The molecule has 120 valence electrons. The minimum atomic E-state index is -0.402. The topological polar surface area (TPSA) is 71.3 Å². The van der Waals surface area contributed by atoms with E-state index in [0.29, 0.717) is 16.8 Å². The van der Waals surface area contributed by atoms with Crippen LogP contribution in [-0.4, -0.2) is 11.0 Å². The Kier molecular flexibility index (Phi) is 4.73. The first-order chi connectivity index (χ1) is 11.5. The number of halogens is 1. The lowest BCUT2D eigenvalue weighted by atomic mass is 10.2. The summed E-state index contributed by atoms with van der Waals surface area (Å²) < 4.78 is 5.96. The summed E-state index contributed by atoms with van der Waals surface area (Å²) in [5.41, 5.74) is 1.26. The number of hydrogen-bond acceptors (Lipinski definition) is 4. The van der Waals surface area contributed by atoms with Crippen LogP contribution >= 0.6 is 28.1 Å². The highest BCUT2D eigenvalue weighted by Crippen LogP contribution is 2.17. The van der Waals surface area contributed by atoms with Crippen molar-refractivity contribution in [2.24, 2.45) is 0 Å². The Labute approximate surface area is 150 Å². The van der Waals surface area contributed by atoms with Crippen molar-refractivity contribution in [3.63, 3.8) is 0 Å². The first-order valence-electron chi connectivity index (χ1n) is 6.93. The second-order valence-electron chi connectivity index (χ2n) is 4.92. The molecule has 0 atom stereocenters. The van der Waals surface area contributed by atoms with Crippen molar-refractivity contribution in [3.8, 4) is 0 Å². The van der Waals surface area contributed by atoms with Crippen LogP contribution in [0, 0.1) is 0 Å². The molecule has 0 radical (unpaired) electrons. The summed E-state index contributed by atoms with van der Waals surface area (Å²) in [5, 5.41) is 6.48. The smallest absolute Gasteiger partial charge is 0.336 e. The van der Waals surface area contributed by atoms with Crippen molar-refractivity contribution in [1.29, 1.82) is 0 Å². The van der Waals surface area contributed by atoms with Gasteiger partial charge in [0.15, 0.2) is 5.11 Å². The lowest BCUT2D eigenvalue weighted by molar-refractivity contribution is 0.0977. The summed E-state index contributed by atoms with van der Waals surface area (Å²) >= 11 is 8.47. The number of hydrogen-bond donors (Lipinski definition) is 2. The van der Waals surface area contributed by atoms with E-state index >= 15 is 0 Å². The van der Waals surface area contributed by atoms with E-state index in [0.717, 1.165) is 9.86 Å². The number of carbonyl (C=O) groups excluding carboxylic acids is 1. The van der Waals surface area contributed by atoms with Crippen LogP contribution in [0.4, 0.5) is 5.69 Å². The van der Waals surface area contributed by atoms with Gasteiger partial charge in [-0.2, -0.15) is 0 Å². The summed E-state index contributed by atoms with van der Waals surface area (Å²) in [6.45, 7) is 0. The molecule has 0 aliphatic heterocycles. The van der Waals surface area contributed by atoms with Crippen molar-refractivity contribution in [2.45, 2.75) is 0 Å². The van der Waals surface area contributed by atoms with Crippen LogP contribution in [0.15, 0.2) is 68.3 Å². The van der Waals surface area contributed by atoms with Gasteiger partial charge in [0.05, 0.1) is 0 Å². The SMILES string of the molecule is O=C(NC(=S)Nc1ccc2oc(=O)ccc2c1)c1ccc(Br)cc1. The van der Waals surface area contributed by atoms with Crippen molar-refractivity contribution in [2.75, 3.05) is 5.32 Å². The molecule has 0 fully saturated rings. The predicted octanol–water partition coefficient (Wildman–Crippen LogP) is 3.68. The maximum atomic E-state index is 12.1. The maximum absolute atomic E-state index is 12.1. The van der Waals surface area contributed by atoms with Crippen molar-refractivity contribution < 1.29 is 9.21 Å². The van der Waals surface area contributed by atoms with E-state index in [9.17, 15) is 9.59 Å². The van der Waals surface area contributed by atoms with E-state index in [1.54, 1.807) is 48.5 Å². The lowest BCUT2D eigenvalue weighted by Crippen LogP contribution is -2.34. The Bertz CT molecular complexity index is 983. The minimum absolute atomic E-state index is 0.180. The number of anilines is 1. The monoisotopic (exact) mass is 402 g/mol. The average Bonchev–Trinajstić information content (AvgIpc) is 2.55. The zero-order chi connectivity index (χ0) is 17.1. The van der Waals surface area contributed by atoms with Gasteiger partial charge in [-0.3, -0.25) is 10.1 Å². The summed E-state index contributed by atoms with van der Waals surface area (Å²) in [6.07, 6.45) is 0. The second-order valence-corrected chi connectivity index (χ2v) is 6.25. The molecular weight excluding hydrogens is 392 g/mol. The third-order valence-corrected chi connectivity index (χ3v) is 3.94. The molecule has 2 N–H and O–H groups in total. The zero-order valence-electron chi connectivity index (χ0n) is 12.2. The van der Waals surface area contributed by atoms with Crippen molar-refractivity contribution >= 4 is 55.8 Å². The average molecular weight is 403 g/mol. The molecule has 3 aromatic rings. The van der Waals surface area contributed by atoms with Crippen molar-refractivity contribution in [3.05, 3.63) is 75.1 Å². The Morgan fingerprint density at radius 3 is 2.54 bits per heavy atom. The zero-order valence-corrected chi connectivity index (χ0v) is 14.6. The van der Waals surface area contributed by atoms with E-state index in [1.807, 2.05) is 0 Å². The van der Waals surface area contributed by atoms with E-state index in [2.05, 4.69) is 26.6 Å². The van der Waals surface area contributed by atoms with Gasteiger partial charge in [0.2, 0.25) is 0 Å².